The number of nitrogens with two attached hydrogens (primary N) is 1. The third-order valence-corrected chi connectivity index (χ3v) is 4.06. The summed E-state index contributed by atoms with van der Waals surface area (Å²) in [6, 6.07) is 1.16. The largest absolute Gasteiger partial charge is 0.328 e. The molecule has 1 aliphatic carbocycles. The van der Waals surface area contributed by atoms with Crippen LogP contribution in [-0.4, -0.2) is 19.1 Å². The Morgan fingerprint density at radius 2 is 1.59 bits per heavy atom. The zero-order chi connectivity index (χ0) is 13.3. The van der Waals surface area contributed by atoms with Crippen LogP contribution in [-0.2, 0) is 0 Å². The van der Waals surface area contributed by atoms with E-state index in [1.165, 1.54) is 38.5 Å². The predicted molar refractivity (Wildman–Crippen MR) is 78.2 cm³/mol. The average Bonchev–Trinajstić information content (AvgIpc) is 2.38. The maximum absolute atomic E-state index is 5.80. The van der Waals surface area contributed by atoms with Crippen LogP contribution in [0.5, 0.6) is 0 Å². The summed E-state index contributed by atoms with van der Waals surface area (Å²) in [6.45, 7) is 8.53. The number of rotatable bonds is 5. The predicted octanol–water partition coefficient (Wildman–Crippen LogP) is 3.55. The first-order chi connectivity index (χ1) is 8.13. The van der Waals surface area contributed by atoms with Crippen LogP contribution < -0.4 is 11.1 Å². The lowest BCUT2D eigenvalue weighted by Crippen LogP contribution is -2.32. The zero-order valence-corrected chi connectivity index (χ0v) is 12.6. The second-order valence-electron chi connectivity index (χ2n) is 5.43. The molecule has 0 aliphatic heterocycles. The molecule has 3 N–H and O–H groups in total. The van der Waals surface area contributed by atoms with Crippen molar-refractivity contribution >= 4 is 0 Å². The summed E-state index contributed by atoms with van der Waals surface area (Å²) >= 11 is 0. The summed E-state index contributed by atoms with van der Waals surface area (Å²) < 4.78 is 0. The second-order valence-corrected chi connectivity index (χ2v) is 5.43. The first kappa shape index (κ1) is 16.9. The first-order valence-electron chi connectivity index (χ1n) is 7.56. The Bertz CT molecular complexity index is 160. The molecule has 0 aromatic carbocycles. The Morgan fingerprint density at radius 3 is 2.00 bits per heavy atom. The van der Waals surface area contributed by atoms with Crippen molar-refractivity contribution in [2.75, 3.05) is 7.05 Å². The smallest absolute Gasteiger partial charge is 0.00642 e. The summed E-state index contributed by atoms with van der Waals surface area (Å²) in [5.74, 6) is 1.82. The van der Waals surface area contributed by atoms with Gasteiger partial charge in [-0.3, -0.25) is 0 Å². The highest BCUT2D eigenvalue weighted by Gasteiger charge is 2.24. The lowest BCUT2D eigenvalue weighted by Gasteiger charge is -2.32. The van der Waals surface area contributed by atoms with Crippen LogP contribution in [0, 0.1) is 11.8 Å². The van der Waals surface area contributed by atoms with Crippen molar-refractivity contribution in [2.24, 2.45) is 17.6 Å². The molecule has 2 heteroatoms. The van der Waals surface area contributed by atoms with E-state index in [1.54, 1.807) is 0 Å². The van der Waals surface area contributed by atoms with Gasteiger partial charge < -0.3 is 11.1 Å². The van der Waals surface area contributed by atoms with Gasteiger partial charge >= 0.3 is 0 Å². The van der Waals surface area contributed by atoms with Crippen molar-refractivity contribution in [3.05, 3.63) is 0 Å². The van der Waals surface area contributed by atoms with Crippen molar-refractivity contribution in [1.82, 2.24) is 5.32 Å². The molecule has 104 valence electrons. The van der Waals surface area contributed by atoms with E-state index in [-0.39, 0.29) is 0 Å². The highest BCUT2D eigenvalue weighted by atomic mass is 14.9. The van der Waals surface area contributed by atoms with E-state index in [9.17, 15) is 0 Å². The Labute approximate surface area is 109 Å². The summed E-state index contributed by atoms with van der Waals surface area (Å²) in [5, 5.41) is 3.39. The molecular formula is C15H34N2. The van der Waals surface area contributed by atoms with Gasteiger partial charge in [-0.1, -0.05) is 20.8 Å². The SMILES string of the molecule is CC.CNC1CCC(C(C)CCC(C)N)CC1. The minimum Gasteiger partial charge on any atom is -0.328 e. The first-order valence-corrected chi connectivity index (χ1v) is 7.56. The van der Waals surface area contributed by atoms with Gasteiger partial charge in [0.15, 0.2) is 0 Å². The number of hydrogen-bond acceptors (Lipinski definition) is 2. The van der Waals surface area contributed by atoms with Gasteiger partial charge in [0.1, 0.15) is 0 Å². The molecule has 0 saturated heterocycles. The fraction of sp³-hybridized carbons (Fsp3) is 1.00. The second kappa shape index (κ2) is 9.90. The summed E-state index contributed by atoms with van der Waals surface area (Å²) in [5.41, 5.74) is 5.80. The lowest BCUT2D eigenvalue weighted by atomic mass is 9.77. The molecule has 1 rings (SSSR count). The van der Waals surface area contributed by atoms with Crippen molar-refractivity contribution in [1.29, 1.82) is 0 Å². The molecular weight excluding hydrogens is 208 g/mol. The van der Waals surface area contributed by atoms with Crippen molar-refractivity contribution in [2.45, 2.75) is 78.3 Å². The number of hydrogen-bond donors (Lipinski definition) is 2. The molecule has 1 aliphatic rings. The van der Waals surface area contributed by atoms with Crippen LogP contribution in [0.2, 0.25) is 0 Å². The monoisotopic (exact) mass is 242 g/mol. The van der Waals surface area contributed by atoms with E-state index in [4.69, 9.17) is 5.73 Å². The van der Waals surface area contributed by atoms with Gasteiger partial charge in [0, 0.05) is 12.1 Å². The standard InChI is InChI=1S/C13H28N2.C2H6/c1-10(4-5-11(2)14)12-6-8-13(15-3)9-7-12;1-2/h10-13,15H,4-9,14H2,1-3H3;1-2H3. The van der Waals surface area contributed by atoms with Crippen molar-refractivity contribution in [3.63, 3.8) is 0 Å². The van der Waals surface area contributed by atoms with E-state index < -0.39 is 0 Å². The quantitative estimate of drug-likeness (QED) is 0.773. The van der Waals surface area contributed by atoms with Crippen LogP contribution in [0.4, 0.5) is 0 Å². The summed E-state index contributed by atoms with van der Waals surface area (Å²) in [4.78, 5) is 0. The van der Waals surface area contributed by atoms with E-state index in [0.717, 1.165) is 17.9 Å². The molecule has 0 radical (unpaired) electrons. The lowest BCUT2D eigenvalue weighted by molar-refractivity contribution is 0.220. The molecule has 2 nitrogen and oxygen atoms in total. The van der Waals surface area contributed by atoms with Crippen LogP contribution in [0.1, 0.15) is 66.2 Å². The van der Waals surface area contributed by atoms with Crippen LogP contribution in [0.15, 0.2) is 0 Å². The van der Waals surface area contributed by atoms with E-state index >= 15 is 0 Å². The molecule has 0 aromatic heterocycles. The minimum absolute atomic E-state index is 0.376. The third kappa shape index (κ3) is 7.05. The van der Waals surface area contributed by atoms with Crippen molar-refractivity contribution in [3.8, 4) is 0 Å². The van der Waals surface area contributed by atoms with Gasteiger partial charge in [-0.05, 0) is 64.3 Å². The molecule has 0 heterocycles. The molecule has 0 amide bonds. The highest BCUT2D eigenvalue weighted by molar-refractivity contribution is 4.79. The van der Waals surface area contributed by atoms with E-state index in [2.05, 4.69) is 26.2 Å². The zero-order valence-electron chi connectivity index (χ0n) is 12.6. The number of nitrogens with one attached hydrogen (secondary N) is 1. The van der Waals surface area contributed by atoms with Gasteiger partial charge in [-0.2, -0.15) is 0 Å². The molecule has 0 aromatic rings. The fourth-order valence-electron chi connectivity index (χ4n) is 2.74. The van der Waals surface area contributed by atoms with Gasteiger partial charge in [-0.25, -0.2) is 0 Å². The van der Waals surface area contributed by atoms with Crippen LogP contribution in [0.25, 0.3) is 0 Å². The van der Waals surface area contributed by atoms with Gasteiger partial charge in [-0.15, -0.1) is 0 Å². The molecule has 1 saturated carbocycles. The van der Waals surface area contributed by atoms with Crippen LogP contribution in [0.3, 0.4) is 0 Å². The maximum Gasteiger partial charge on any atom is 0.00642 e. The minimum atomic E-state index is 0.376. The highest BCUT2D eigenvalue weighted by Crippen LogP contribution is 2.32. The Hall–Kier alpha value is -0.0800. The van der Waals surface area contributed by atoms with Crippen LogP contribution >= 0.6 is 0 Å². The molecule has 2 atom stereocenters. The molecule has 0 spiro atoms. The fourth-order valence-corrected chi connectivity index (χ4v) is 2.74. The van der Waals surface area contributed by atoms with Gasteiger partial charge in [0.05, 0.1) is 0 Å². The maximum atomic E-state index is 5.80. The topological polar surface area (TPSA) is 38.0 Å². The Morgan fingerprint density at radius 1 is 1.06 bits per heavy atom. The van der Waals surface area contributed by atoms with Crippen molar-refractivity contribution < 1.29 is 0 Å². The summed E-state index contributed by atoms with van der Waals surface area (Å²) in [6.07, 6.45) is 8.05. The van der Waals surface area contributed by atoms with E-state index in [0.29, 0.717) is 6.04 Å². The van der Waals surface area contributed by atoms with Gasteiger partial charge in [0.25, 0.3) is 0 Å². The normalized spacial score (nSPS) is 27.9. The molecule has 0 bridgehead atoms. The Kier molecular flexibility index (Phi) is 9.85. The molecule has 17 heavy (non-hydrogen) atoms. The molecule has 1 fully saturated rings. The Balaban J connectivity index is 0.00000121. The molecule has 2 unspecified atom stereocenters. The van der Waals surface area contributed by atoms with E-state index in [1.807, 2.05) is 13.8 Å². The average molecular weight is 242 g/mol. The van der Waals surface area contributed by atoms with Gasteiger partial charge in [0.2, 0.25) is 0 Å². The summed E-state index contributed by atoms with van der Waals surface area (Å²) in [7, 11) is 2.09. The third-order valence-electron chi connectivity index (χ3n) is 4.06.